The lowest BCUT2D eigenvalue weighted by atomic mass is 10.1. The third kappa shape index (κ3) is 3.22. The van der Waals surface area contributed by atoms with Crippen LogP contribution in [0.5, 0.6) is 0 Å². The van der Waals surface area contributed by atoms with Gasteiger partial charge in [-0.2, -0.15) is 5.26 Å². The number of benzene rings is 1. The zero-order valence-electron chi connectivity index (χ0n) is 10.5. The molecule has 0 aromatic heterocycles. The molecule has 4 heteroatoms. The monoisotopic (exact) mass is 231 g/mol. The van der Waals surface area contributed by atoms with Crippen molar-refractivity contribution in [2.24, 2.45) is 0 Å². The first-order valence-electron chi connectivity index (χ1n) is 5.53. The Kier molecular flexibility index (Phi) is 4.53. The van der Waals surface area contributed by atoms with Crippen LogP contribution in [0.15, 0.2) is 24.3 Å². The van der Waals surface area contributed by atoms with E-state index in [0.717, 1.165) is 5.69 Å². The average molecular weight is 231 g/mol. The molecule has 0 saturated heterocycles. The molecule has 0 bridgehead atoms. The van der Waals surface area contributed by atoms with Gasteiger partial charge in [0.15, 0.2) is 0 Å². The zero-order valence-corrected chi connectivity index (χ0v) is 10.5. The Morgan fingerprint density at radius 3 is 2.65 bits per heavy atom. The molecule has 0 N–H and O–H groups in total. The molecule has 0 unspecified atom stereocenters. The molecule has 0 heterocycles. The summed E-state index contributed by atoms with van der Waals surface area (Å²) in [6, 6.07) is 9.40. The van der Waals surface area contributed by atoms with Crippen LogP contribution in [0.1, 0.15) is 17.3 Å². The summed E-state index contributed by atoms with van der Waals surface area (Å²) in [6.07, 6.45) is 0. The van der Waals surface area contributed by atoms with Gasteiger partial charge < -0.3 is 9.80 Å². The topological polar surface area (TPSA) is 47.3 Å². The van der Waals surface area contributed by atoms with Crippen LogP contribution in [0.3, 0.4) is 0 Å². The summed E-state index contributed by atoms with van der Waals surface area (Å²) in [5, 5.41) is 8.65. The number of hydrogen-bond donors (Lipinski definition) is 0. The molecule has 0 atom stereocenters. The predicted molar refractivity (Wildman–Crippen MR) is 68.0 cm³/mol. The number of amides is 1. The Balaban J connectivity index is 2.96. The van der Waals surface area contributed by atoms with Gasteiger partial charge in [0.25, 0.3) is 5.91 Å². The fourth-order valence-corrected chi connectivity index (χ4v) is 1.51. The van der Waals surface area contributed by atoms with E-state index in [4.69, 9.17) is 5.26 Å². The molecule has 0 saturated carbocycles. The minimum Gasteiger partial charge on any atom is -0.378 e. The number of anilines is 1. The van der Waals surface area contributed by atoms with Gasteiger partial charge in [0.2, 0.25) is 0 Å². The molecule has 0 spiro atoms. The van der Waals surface area contributed by atoms with Gasteiger partial charge in [-0.1, -0.05) is 6.07 Å². The Morgan fingerprint density at radius 1 is 1.41 bits per heavy atom. The maximum Gasteiger partial charge on any atom is 0.254 e. The number of carbonyl (C=O) groups excluding carboxylic acids is 1. The van der Waals surface area contributed by atoms with Crippen molar-refractivity contribution in [1.82, 2.24) is 4.90 Å². The highest BCUT2D eigenvalue weighted by Gasteiger charge is 2.14. The highest BCUT2D eigenvalue weighted by molar-refractivity contribution is 5.95. The van der Waals surface area contributed by atoms with Gasteiger partial charge in [-0.05, 0) is 25.1 Å². The van der Waals surface area contributed by atoms with Crippen molar-refractivity contribution in [1.29, 1.82) is 5.26 Å². The molecule has 0 aliphatic heterocycles. The van der Waals surface area contributed by atoms with Gasteiger partial charge in [0.05, 0.1) is 6.07 Å². The molecule has 17 heavy (non-hydrogen) atoms. The highest BCUT2D eigenvalue weighted by atomic mass is 16.2. The third-order valence-corrected chi connectivity index (χ3v) is 2.54. The van der Waals surface area contributed by atoms with Crippen LogP contribution in [-0.4, -0.2) is 38.0 Å². The van der Waals surface area contributed by atoms with E-state index in [1.807, 2.05) is 50.2 Å². The van der Waals surface area contributed by atoms with Crippen LogP contribution in [0.25, 0.3) is 0 Å². The summed E-state index contributed by atoms with van der Waals surface area (Å²) < 4.78 is 0. The first kappa shape index (κ1) is 13.0. The van der Waals surface area contributed by atoms with Crippen molar-refractivity contribution in [3.8, 4) is 6.07 Å². The molecule has 0 fully saturated rings. The second-order valence-electron chi connectivity index (χ2n) is 3.92. The Morgan fingerprint density at radius 2 is 2.12 bits per heavy atom. The molecule has 0 aliphatic rings. The SMILES string of the molecule is CCN(CC#N)C(=O)c1cccc(N(C)C)c1. The third-order valence-electron chi connectivity index (χ3n) is 2.54. The van der Waals surface area contributed by atoms with Gasteiger partial charge >= 0.3 is 0 Å². The van der Waals surface area contributed by atoms with E-state index in [1.54, 1.807) is 6.07 Å². The van der Waals surface area contributed by atoms with Crippen LogP contribution in [0, 0.1) is 11.3 Å². The average Bonchev–Trinajstić information content (AvgIpc) is 2.35. The lowest BCUT2D eigenvalue weighted by Crippen LogP contribution is -2.31. The number of rotatable bonds is 4. The van der Waals surface area contributed by atoms with E-state index in [-0.39, 0.29) is 12.5 Å². The number of nitriles is 1. The molecule has 4 nitrogen and oxygen atoms in total. The zero-order chi connectivity index (χ0) is 12.8. The molecular formula is C13H17N3O. The summed E-state index contributed by atoms with van der Waals surface area (Å²) in [5.41, 5.74) is 1.59. The van der Waals surface area contributed by atoms with Gasteiger partial charge in [-0.15, -0.1) is 0 Å². The molecule has 1 rings (SSSR count). The van der Waals surface area contributed by atoms with E-state index in [2.05, 4.69) is 0 Å². The predicted octanol–water partition coefficient (Wildman–Crippen LogP) is 1.74. The van der Waals surface area contributed by atoms with Crippen LogP contribution in [-0.2, 0) is 0 Å². The maximum atomic E-state index is 12.1. The Labute approximate surface area is 102 Å². The molecule has 1 amide bonds. The van der Waals surface area contributed by atoms with Gasteiger partial charge in [0.1, 0.15) is 6.54 Å². The summed E-state index contributed by atoms with van der Waals surface area (Å²) in [4.78, 5) is 15.6. The van der Waals surface area contributed by atoms with Crippen LogP contribution < -0.4 is 4.90 Å². The van der Waals surface area contributed by atoms with Crippen LogP contribution in [0.2, 0.25) is 0 Å². The van der Waals surface area contributed by atoms with Crippen molar-refractivity contribution in [3.05, 3.63) is 29.8 Å². The Bertz CT molecular complexity index is 435. The van der Waals surface area contributed by atoms with E-state index in [1.165, 1.54) is 4.90 Å². The fourth-order valence-electron chi connectivity index (χ4n) is 1.51. The van der Waals surface area contributed by atoms with Gasteiger partial charge in [-0.25, -0.2) is 0 Å². The number of carbonyl (C=O) groups is 1. The van der Waals surface area contributed by atoms with E-state index < -0.39 is 0 Å². The maximum absolute atomic E-state index is 12.1. The summed E-state index contributed by atoms with van der Waals surface area (Å²) >= 11 is 0. The standard InChI is InChI=1S/C13H17N3O/c1-4-16(9-8-14)13(17)11-6-5-7-12(10-11)15(2)3/h5-7,10H,4,9H2,1-3H3. The van der Waals surface area contributed by atoms with Crippen molar-refractivity contribution < 1.29 is 4.79 Å². The smallest absolute Gasteiger partial charge is 0.254 e. The fraction of sp³-hybridized carbons (Fsp3) is 0.385. The van der Waals surface area contributed by atoms with Crippen LogP contribution in [0.4, 0.5) is 5.69 Å². The van der Waals surface area contributed by atoms with Crippen molar-refractivity contribution in [2.75, 3.05) is 32.1 Å². The summed E-state index contributed by atoms with van der Waals surface area (Å²) in [5.74, 6) is -0.0993. The van der Waals surface area contributed by atoms with Gasteiger partial charge in [-0.3, -0.25) is 4.79 Å². The van der Waals surface area contributed by atoms with E-state index in [0.29, 0.717) is 12.1 Å². The lowest BCUT2D eigenvalue weighted by molar-refractivity contribution is 0.0784. The normalized spacial score (nSPS) is 9.53. The second kappa shape index (κ2) is 5.90. The molecule has 0 radical (unpaired) electrons. The van der Waals surface area contributed by atoms with Gasteiger partial charge in [0, 0.05) is 31.9 Å². The molecule has 1 aromatic carbocycles. The highest BCUT2D eigenvalue weighted by Crippen LogP contribution is 2.14. The number of nitrogens with zero attached hydrogens (tertiary/aromatic N) is 3. The largest absolute Gasteiger partial charge is 0.378 e. The Hall–Kier alpha value is -2.02. The van der Waals surface area contributed by atoms with Crippen LogP contribution >= 0.6 is 0 Å². The number of hydrogen-bond acceptors (Lipinski definition) is 3. The van der Waals surface area contributed by atoms with Crippen molar-refractivity contribution in [3.63, 3.8) is 0 Å². The summed E-state index contributed by atoms with van der Waals surface area (Å²) in [6.45, 7) is 2.53. The molecule has 90 valence electrons. The minimum absolute atomic E-state index is 0.0993. The summed E-state index contributed by atoms with van der Waals surface area (Å²) in [7, 11) is 3.85. The second-order valence-corrected chi connectivity index (χ2v) is 3.92. The minimum atomic E-state index is -0.0993. The first-order chi connectivity index (χ1) is 8.10. The lowest BCUT2D eigenvalue weighted by Gasteiger charge is -2.19. The quantitative estimate of drug-likeness (QED) is 0.741. The van der Waals surface area contributed by atoms with E-state index in [9.17, 15) is 4.79 Å². The molecule has 0 aliphatic carbocycles. The molecular weight excluding hydrogens is 214 g/mol. The first-order valence-corrected chi connectivity index (χ1v) is 5.53. The van der Waals surface area contributed by atoms with Crippen molar-refractivity contribution >= 4 is 11.6 Å². The molecule has 1 aromatic rings. The van der Waals surface area contributed by atoms with Crippen molar-refractivity contribution in [2.45, 2.75) is 6.92 Å². The van der Waals surface area contributed by atoms with E-state index >= 15 is 0 Å².